The van der Waals surface area contributed by atoms with Crippen LogP contribution in [0.4, 0.5) is 22.4 Å². The van der Waals surface area contributed by atoms with Crippen LogP contribution in [0.5, 0.6) is 5.75 Å². The van der Waals surface area contributed by atoms with Gasteiger partial charge in [-0.1, -0.05) is 6.07 Å². The third-order valence-corrected chi connectivity index (χ3v) is 3.42. The highest BCUT2D eigenvalue weighted by Gasteiger charge is 2.40. The van der Waals surface area contributed by atoms with Crippen LogP contribution in [0.3, 0.4) is 0 Å². The molecule has 0 spiro atoms. The van der Waals surface area contributed by atoms with Crippen molar-refractivity contribution >= 4 is 6.09 Å². The van der Waals surface area contributed by atoms with Crippen molar-refractivity contribution in [1.29, 1.82) is 0 Å². The lowest BCUT2D eigenvalue weighted by molar-refractivity contribution is -0.143. The first kappa shape index (κ1) is 18.4. The Balaban J connectivity index is 1.81. The van der Waals surface area contributed by atoms with Crippen LogP contribution < -0.4 is 10.1 Å². The second kappa shape index (κ2) is 7.44. The summed E-state index contributed by atoms with van der Waals surface area (Å²) < 4.78 is 58.7. The van der Waals surface area contributed by atoms with E-state index in [4.69, 9.17) is 4.74 Å². The molecule has 0 fully saturated rings. The Hall–Kier alpha value is -3.43. The molecule has 6 nitrogen and oxygen atoms in total. The summed E-state index contributed by atoms with van der Waals surface area (Å²) in [5.41, 5.74) is -0.818. The van der Waals surface area contributed by atoms with Gasteiger partial charge in [-0.2, -0.15) is 18.3 Å². The topological polar surface area (TPSA) is 69.0 Å². The molecule has 2 aromatic heterocycles. The average molecular weight is 380 g/mol. The number of rotatable bonds is 4. The van der Waals surface area contributed by atoms with Crippen molar-refractivity contribution in [3.63, 3.8) is 0 Å². The molecule has 0 bridgehead atoms. The van der Waals surface area contributed by atoms with Crippen molar-refractivity contribution in [2.45, 2.75) is 12.7 Å². The molecule has 0 unspecified atom stereocenters. The van der Waals surface area contributed by atoms with E-state index < -0.39 is 29.5 Å². The number of pyridine rings is 1. The molecule has 140 valence electrons. The first-order valence-corrected chi connectivity index (χ1v) is 7.61. The summed E-state index contributed by atoms with van der Waals surface area (Å²) in [4.78, 5) is 15.8. The predicted molar refractivity (Wildman–Crippen MR) is 85.6 cm³/mol. The van der Waals surface area contributed by atoms with Crippen LogP contribution in [-0.4, -0.2) is 20.9 Å². The summed E-state index contributed by atoms with van der Waals surface area (Å²) in [7, 11) is 0. The van der Waals surface area contributed by atoms with Gasteiger partial charge < -0.3 is 10.1 Å². The molecular formula is C17H12F4N4O2. The Labute approximate surface area is 150 Å². The molecule has 0 aliphatic carbocycles. The summed E-state index contributed by atoms with van der Waals surface area (Å²) in [5.74, 6) is -1.38. The van der Waals surface area contributed by atoms with E-state index in [1.54, 1.807) is 18.2 Å². The zero-order valence-corrected chi connectivity index (χ0v) is 13.6. The number of aromatic nitrogens is 3. The molecule has 1 amide bonds. The summed E-state index contributed by atoms with van der Waals surface area (Å²) in [6.45, 7) is -0.0207. The average Bonchev–Trinajstić information content (AvgIpc) is 3.05. The van der Waals surface area contributed by atoms with Gasteiger partial charge in [-0.05, 0) is 36.4 Å². The van der Waals surface area contributed by atoms with Gasteiger partial charge >= 0.3 is 12.3 Å². The molecular weight excluding hydrogens is 368 g/mol. The number of ether oxygens (including phenoxy) is 1. The van der Waals surface area contributed by atoms with Crippen molar-refractivity contribution in [2.24, 2.45) is 0 Å². The molecule has 0 saturated carbocycles. The number of nitrogens with one attached hydrogen (secondary N) is 1. The summed E-state index contributed by atoms with van der Waals surface area (Å²) >= 11 is 0. The first-order chi connectivity index (χ1) is 12.8. The van der Waals surface area contributed by atoms with E-state index in [0.717, 1.165) is 30.5 Å². The van der Waals surface area contributed by atoms with Crippen molar-refractivity contribution in [3.8, 4) is 11.4 Å². The second-order valence-electron chi connectivity index (χ2n) is 5.31. The number of carbonyl (C=O) groups is 1. The Morgan fingerprint density at radius 3 is 2.52 bits per heavy atom. The van der Waals surface area contributed by atoms with E-state index in [1.807, 2.05) is 0 Å². The maximum absolute atomic E-state index is 13.5. The zero-order chi connectivity index (χ0) is 19.4. The van der Waals surface area contributed by atoms with E-state index in [1.165, 1.54) is 6.20 Å². The number of benzene rings is 1. The smallest absolute Gasteiger partial charge is 0.406 e. The minimum Gasteiger partial charge on any atom is -0.406 e. The van der Waals surface area contributed by atoms with Gasteiger partial charge in [0.2, 0.25) is 0 Å². The fourth-order valence-corrected chi connectivity index (χ4v) is 2.25. The van der Waals surface area contributed by atoms with Gasteiger partial charge in [0.25, 0.3) is 0 Å². The minimum atomic E-state index is -4.86. The highest BCUT2D eigenvalue weighted by molar-refractivity contribution is 5.70. The first-order valence-electron chi connectivity index (χ1n) is 7.61. The lowest BCUT2D eigenvalue weighted by Crippen LogP contribution is -2.27. The molecule has 3 rings (SSSR count). The molecule has 10 heteroatoms. The predicted octanol–water partition coefficient (Wildman–Crippen LogP) is 3.71. The van der Waals surface area contributed by atoms with Crippen LogP contribution in [-0.2, 0) is 12.7 Å². The molecule has 0 radical (unpaired) electrons. The molecule has 0 saturated heterocycles. The van der Waals surface area contributed by atoms with Gasteiger partial charge in [0.1, 0.15) is 5.82 Å². The SMILES string of the molecule is O=C(NCc1ccccn1)Oc1cnn(-c2ccc(F)cc2)c1C(F)(F)F. The van der Waals surface area contributed by atoms with Crippen molar-refractivity contribution < 1.29 is 27.1 Å². The quantitative estimate of drug-likeness (QED) is 0.701. The van der Waals surface area contributed by atoms with E-state index in [0.29, 0.717) is 10.4 Å². The van der Waals surface area contributed by atoms with E-state index in [-0.39, 0.29) is 12.2 Å². The summed E-state index contributed by atoms with van der Waals surface area (Å²) in [6.07, 6.45) is -3.67. The Kier molecular flexibility index (Phi) is 5.06. The molecule has 0 aliphatic heterocycles. The lowest BCUT2D eigenvalue weighted by Gasteiger charge is -2.12. The molecule has 3 aromatic rings. The van der Waals surface area contributed by atoms with E-state index in [9.17, 15) is 22.4 Å². The number of alkyl halides is 3. The van der Waals surface area contributed by atoms with Crippen LogP contribution in [0.15, 0.2) is 54.9 Å². The van der Waals surface area contributed by atoms with Crippen LogP contribution in [0.25, 0.3) is 5.69 Å². The van der Waals surface area contributed by atoms with Gasteiger partial charge in [-0.15, -0.1) is 0 Å². The highest BCUT2D eigenvalue weighted by Crippen LogP contribution is 2.37. The number of carbonyl (C=O) groups excluding carboxylic acids is 1. The standard InChI is InChI=1S/C17H12F4N4O2/c18-11-4-6-13(7-5-11)25-15(17(19,20)21)14(10-24-25)27-16(26)23-9-12-3-1-2-8-22-12/h1-8,10H,9H2,(H,23,26). The van der Waals surface area contributed by atoms with Crippen molar-refractivity contribution in [3.05, 3.63) is 72.1 Å². The Bertz CT molecular complexity index is 924. The molecule has 1 N–H and O–H groups in total. The second-order valence-corrected chi connectivity index (χ2v) is 5.31. The lowest BCUT2D eigenvalue weighted by atomic mass is 10.3. The molecule has 2 heterocycles. The van der Waals surface area contributed by atoms with Gasteiger partial charge in [-0.3, -0.25) is 4.98 Å². The monoisotopic (exact) mass is 380 g/mol. The fraction of sp³-hybridized carbons (Fsp3) is 0.118. The van der Waals surface area contributed by atoms with Crippen molar-refractivity contribution in [2.75, 3.05) is 0 Å². The van der Waals surface area contributed by atoms with Gasteiger partial charge in [0.05, 0.1) is 24.1 Å². The fourth-order valence-electron chi connectivity index (χ4n) is 2.25. The minimum absolute atomic E-state index is 0.0207. The Morgan fingerprint density at radius 1 is 1.15 bits per heavy atom. The van der Waals surface area contributed by atoms with Crippen molar-refractivity contribution in [1.82, 2.24) is 20.1 Å². The van der Waals surface area contributed by atoms with E-state index in [2.05, 4.69) is 15.4 Å². The van der Waals surface area contributed by atoms with Crippen LogP contribution >= 0.6 is 0 Å². The van der Waals surface area contributed by atoms with Crippen LogP contribution in [0.1, 0.15) is 11.4 Å². The number of hydrogen-bond acceptors (Lipinski definition) is 4. The zero-order valence-electron chi connectivity index (χ0n) is 13.6. The maximum Gasteiger partial charge on any atom is 0.437 e. The van der Waals surface area contributed by atoms with Gasteiger partial charge in [-0.25, -0.2) is 13.9 Å². The highest BCUT2D eigenvalue weighted by atomic mass is 19.4. The third-order valence-electron chi connectivity index (χ3n) is 3.42. The molecule has 1 aromatic carbocycles. The maximum atomic E-state index is 13.5. The molecule has 0 aliphatic rings. The van der Waals surface area contributed by atoms with Crippen LogP contribution in [0.2, 0.25) is 0 Å². The largest absolute Gasteiger partial charge is 0.437 e. The number of hydrogen-bond donors (Lipinski definition) is 1. The molecule has 27 heavy (non-hydrogen) atoms. The van der Waals surface area contributed by atoms with Gasteiger partial charge in [0, 0.05) is 6.20 Å². The van der Waals surface area contributed by atoms with E-state index >= 15 is 0 Å². The number of halogens is 4. The summed E-state index contributed by atoms with van der Waals surface area (Å²) in [6, 6.07) is 9.26. The van der Waals surface area contributed by atoms with Gasteiger partial charge in [0.15, 0.2) is 11.4 Å². The third kappa shape index (κ3) is 4.40. The summed E-state index contributed by atoms with van der Waals surface area (Å²) in [5, 5.41) is 5.92. The normalized spacial score (nSPS) is 11.3. The molecule has 0 atom stereocenters. The number of amides is 1. The number of nitrogens with zero attached hydrogens (tertiary/aromatic N) is 3. The van der Waals surface area contributed by atoms with Crippen LogP contribution in [0, 0.1) is 5.82 Å². The Morgan fingerprint density at radius 2 is 1.89 bits per heavy atom.